The van der Waals surface area contributed by atoms with Crippen molar-refractivity contribution < 1.29 is 48.0 Å². The molecule has 178 valence electrons. The van der Waals surface area contributed by atoms with Gasteiger partial charge in [-0.1, -0.05) is 42.5 Å². The summed E-state index contributed by atoms with van der Waals surface area (Å²) in [6.07, 6.45) is 2.03. The fourth-order valence-corrected chi connectivity index (χ4v) is 4.14. The van der Waals surface area contributed by atoms with Gasteiger partial charge in [0.25, 0.3) is 0 Å². The van der Waals surface area contributed by atoms with Gasteiger partial charge in [-0.15, -0.1) is 0 Å². The predicted octanol–water partition coefficient (Wildman–Crippen LogP) is 0.560. The van der Waals surface area contributed by atoms with E-state index in [9.17, 15) is 29.1 Å². The summed E-state index contributed by atoms with van der Waals surface area (Å²) < 4.78 is 18.9. The highest BCUT2D eigenvalue weighted by Gasteiger charge is 2.65. The van der Waals surface area contributed by atoms with E-state index in [4.69, 9.17) is 9.47 Å². The number of carbonyl (C=O) groups excluding carboxylic acids is 5. The molecule has 0 heterocycles. The molecule has 0 amide bonds. The standard InChI is InChI=1S/C23H26O10/c1-30-15(24)12-23(29)14(11-10-13-8-6-5-7-9-13)16(20(26)31-2)19(25)17(21(27)32-3)18(23)22(28)33-4/h5-11,14,16-18,29H,12H2,1-4H3/b11-10-/t14-,16+,17-,18-,23-/m1/s1. The van der Waals surface area contributed by atoms with Gasteiger partial charge < -0.3 is 24.1 Å². The molecule has 1 aliphatic rings. The second-order valence-corrected chi connectivity index (χ2v) is 7.44. The minimum absolute atomic E-state index is 0.652. The highest BCUT2D eigenvalue weighted by molar-refractivity contribution is 6.12. The van der Waals surface area contributed by atoms with Crippen LogP contribution in [0, 0.1) is 23.7 Å². The summed E-state index contributed by atoms with van der Waals surface area (Å²) in [5, 5.41) is 11.8. The summed E-state index contributed by atoms with van der Waals surface area (Å²) in [5.74, 6) is -12.2. The first-order valence-electron chi connectivity index (χ1n) is 9.95. The van der Waals surface area contributed by atoms with E-state index >= 15 is 0 Å². The van der Waals surface area contributed by atoms with E-state index < -0.39 is 65.4 Å². The van der Waals surface area contributed by atoms with Crippen LogP contribution in [0.3, 0.4) is 0 Å². The van der Waals surface area contributed by atoms with Gasteiger partial charge in [0.15, 0.2) is 5.78 Å². The largest absolute Gasteiger partial charge is 0.469 e. The van der Waals surface area contributed by atoms with E-state index in [1.807, 2.05) is 0 Å². The molecule has 1 aliphatic carbocycles. The summed E-state index contributed by atoms with van der Waals surface area (Å²) in [7, 11) is 4.09. The quantitative estimate of drug-likeness (QED) is 0.347. The molecule has 33 heavy (non-hydrogen) atoms. The van der Waals surface area contributed by atoms with E-state index in [1.165, 1.54) is 12.2 Å². The molecule has 1 aromatic carbocycles. The van der Waals surface area contributed by atoms with Crippen molar-refractivity contribution >= 4 is 35.7 Å². The Balaban J connectivity index is 2.79. The first-order chi connectivity index (χ1) is 15.7. The van der Waals surface area contributed by atoms with Crippen molar-refractivity contribution in [2.75, 3.05) is 28.4 Å². The van der Waals surface area contributed by atoms with Gasteiger partial charge in [0.05, 0.1) is 40.5 Å². The van der Waals surface area contributed by atoms with E-state index in [2.05, 4.69) is 9.47 Å². The fraction of sp³-hybridized carbons (Fsp3) is 0.435. The van der Waals surface area contributed by atoms with Crippen LogP contribution < -0.4 is 0 Å². The van der Waals surface area contributed by atoms with Crippen LogP contribution in [0.15, 0.2) is 36.4 Å². The lowest BCUT2D eigenvalue weighted by atomic mass is 9.57. The van der Waals surface area contributed by atoms with Gasteiger partial charge in [-0.05, 0) is 5.56 Å². The second-order valence-electron chi connectivity index (χ2n) is 7.44. The number of hydrogen-bond donors (Lipinski definition) is 1. The summed E-state index contributed by atoms with van der Waals surface area (Å²) in [4.78, 5) is 63.6. The topological polar surface area (TPSA) is 142 Å². The Bertz CT molecular complexity index is 938. The van der Waals surface area contributed by atoms with Gasteiger partial charge in [-0.25, -0.2) is 0 Å². The molecule has 0 spiro atoms. The normalized spacial score (nSPS) is 27.0. The van der Waals surface area contributed by atoms with Crippen LogP contribution in [-0.4, -0.2) is 68.8 Å². The third-order valence-electron chi connectivity index (χ3n) is 5.74. The summed E-state index contributed by atoms with van der Waals surface area (Å²) in [6.45, 7) is 0. The maximum absolute atomic E-state index is 13.4. The zero-order chi connectivity index (χ0) is 24.8. The van der Waals surface area contributed by atoms with E-state index in [0.717, 1.165) is 28.4 Å². The molecule has 2 rings (SSSR count). The number of methoxy groups -OCH3 is 4. The van der Waals surface area contributed by atoms with E-state index in [1.54, 1.807) is 30.3 Å². The Morgan fingerprint density at radius 1 is 0.879 bits per heavy atom. The first kappa shape index (κ1) is 25.7. The number of Topliss-reactive ketones (excluding diaryl/α,β-unsaturated/α-hetero) is 1. The lowest BCUT2D eigenvalue weighted by molar-refractivity contribution is -0.197. The molecule has 0 saturated heterocycles. The lowest BCUT2D eigenvalue weighted by Crippen LogP contribution is -2.65. The third-order valence-corrected chi connectivity index (χ3v) is 5.74. The number of rotatable bonds is 7. The van der Waals surface area contributed by atoms with Crippen LogP contribution in [0.4, 0.5) is 0 Å². The smallest absolute Gasteiger partial charge is 0.317 e. The molecule has 0 bridgehead atoms. The van der Waals surface area contributed by atoms with Crippen molar-refractivity contribution in [3.63, 3.8) is 0 Å². The van der Waals surface area contributed by atoms with Crippen LogP contribution in [0.2, 0.25) is 0 Å². The maximum atomic E-state index is 13.4. The number of hydrogen-bond acceptors (Lipinski definition) is 10. The molecule has 0 aromatic heterocycles. The van der Waals surface area contributed by atoms with E-state index in [0.29, 0.717) is 5.56 Å². The third kappa shape index (κ3) is 5.11. The SMILES string of the molecule is COC(=O)C[C@@]1(O)[C@H](/C=C\c2ccccc2)[C@H](C(=O)OC)C(=O)[C@H](C(=O)OC)[C@@H]1C(=O)OC. The van der Waals surface area contributed by atoms with Crippen molar-refractivity contribution in [1.82, 2.24) is 0 Å². The number of ketones is 1. The van der Waals surface area contributed by atoms with Crippen molar-refractivity contribution in [1.29, 1.82) is 0 Å². The van der Waals surface area contributed by atoms with Crippen LogP contribution in [0.1, 0.15) is 12.0 Å². The summed E-state index contributed by atoms with van der Waals surface area (Å²) in [6, 6.07) is 8.72. The minimum Gasteiger partial charge on any atom is -0.469 e. The van der Waals surface area contributed by atoms with Crippen molar-refractivity contribution in [2.24, 2.45) is 23.7 Å². The van der Waals surface area contributed by atoms with Crippen LogP contribution in [0.25, 0.3) is 6.08 Å². The number of carbonyl (C=O) groups is 5. The van der Waals surface area contributed by atoms with Crippen molar-refractivity contribution in [3.05, 3.63) is 42.0 Å². The van der Waals surface area contributed by atoms with Gasteiger partial charge >= 0.3 is 23.9 Å². The molecular formula is C23H26O10. The molecule has 0 aliphatic heterocycles. The molecule has 5 atom stereocenters. The number of ether oxygens (including phenoxy) is 4. The zero-order valence-electron chi connectivity index (χ0n) is 18.7. The molecule has 10 nitrogen and oxygen atoms in total. The lowest BCUT2D eigenvalue weighted by Gasteiger charge is -2.47. The second kappa shape index (κ2) is 10.9. The molecule has 1 N–H and O–H groups in total. The Morgan fingerprint density at radius 3 is 1.94 bits per heavy atom. The van der Waals surface area contributed by atoms with Gasteiger partial charge in [0.1, 0.15) is 17.8 Å². The summed E-state index contributed by atoms with van der Waals surface area (Å²) in [5.41, 5.74) is -1.78. The highest BCUT2D eigenvalue weighted by atomic mass is 16.5. The van der Waals surface area contributed by atoms with Crippen LogP contribution in [-0.2, 0) is 42.9 Å². The Labute approximate surface area is 190 Å². The minimum atomic E-state index is -2.43. The number of aliphatic hydroxyl groups is 1. The molecule has 1 saturated carbocycles. The van der Waals surface area contributed by atoms with Gasteiger partial charge in [-0.2, -0.15) is 0 Å². The van der Waals surface area contributed by atoms with Crippen molar-refractivity contribution in [2.45, 2.75) is 12.0 Å². The average molecular weight is 462 g/mol. The Kier molecular flexibility index (Phi) is 8.47. The van der Waals surface area contributed by atoms with Crippen LogP contribution in [0.5, 0.6) is 0 Å². The molecule has 0 radical (unpaired) electrons. The zero-order valence-corrected chi connectivity index (χ0v) is 18.7. The fourth-order valence-electron chi connectivity index (χ4n) is 4.14. The van der Waals surface area contributed by atoms with E-state index in [-0.39, 0.29) is 0 Å². The molecule has 0 unspecified atom stereocenters. The molecule has 1 aromatic rings. The highest BCUT2D eigenvalue weighted by Crippen LogP contribution is 2.48. The average Bonchev–Trinajstić information content (AvgIpc) is 2.82. The Hall–Kier alpha value is -3.53. The molecule has 1 fully saturated rings. The molecular weight excluding hydrogens is 436 g/mol. The summed E-state index contributed by atoms with van der Waals surface area (Å²) >= 11 is 0. The maximum Gasteiger partial charge on any atom is 0.317 e. The number of benzene rings is 1. The Morgan fingerprint density at radius 2 is 1.42 bits per heavy atom. The van der Waals surface area contributed by atoms with Crippen LogP contribution >= 0.6 is 0 Å². The first-order valence-corrected chi connectivity index (χ1v) is 9.95. The predicted molar refractivity (Wildman–Crippen MR) is 112 cm³/mol. The van der Waals surface area contributed by atoms with Gasteiger partial charge in [0.2, 0.25) is 0 Å². The molecule has 10 heteroatoms. The monoisotopic (exact) mass is 462 g/mol. The van der Waals surface area contributed by atoms with Gasteiger partial charge in [-0.3, -0.25) is 24.0 Å². The van der Waals surface area contributed by atoms with Crippen molar-refractivity contribution in [3.8, 4) is 0 Å². The van der Waals surface area contributed by atoms with Gasteiger partial charge in [0, 0.05) is 5.92 Å². The number of esters is 4.